The zero-order valence-corrected chi connectivity index (χ0v) is 18.5. The summed E-state index contributed by atoms with van der Waals surface area (Å²) in [4.78, 5) is 7.10. The van der Waals surface area contributed by atoms with E-state index in [1.807, 2.05) is 0 Å². The smallest absolute Gasteiger partial charge is 0.191 e. The van der Waals surface area contributed by atoms with Gasteiger partial charge in [-0.2, -0.15) is 0 Å². The fraction of sp³-hybridized carbons (Fsp3) is 0.696. The Morgan fingerprint density at radius 2 is 1.90 bits per heavy atom. The van der Waals surface area contributed by atoms with Crippen molar-refractivity contribution in [1.82, 2.24) is 10.6 Å². The summed E-state index contributed by atoms with van der Waals surface area (Å²) in [6.45, 7) is 12.6. The molecule has 6 nitrogen and oxygen atoms in total. The molecule has 29 heavy (non-hydrogen) atoms. The number of rotatable bonds is 11. The number of nitrogens with one attached hydrogen (secondary N) is 2. The van der Waals surface area contributed by atoms with Gasteiger partial charge in [-0.25, -0.2) is 4.99 Å². The van der Waals surface area contributed by atoms with Gasteiger partial charge in [0.2, 0.25) is 0 Å². The van der Waals surface area contributed by atoms with Crippen molar-refractivity contribution in [1.29, 1.82) is 0 Å². The summed E-state index contributed by atoms with van der Waals surface area (Å²) in [6, 6.07) is 8.70. The highest BCUT2D eigenvalue weighted by Gasteiger charge is 2.18. The molecule has 0 aromatic heterocycles. The Kier molecular flexibility index (Phi) is 10.9. The summed E-state index contributed by atoms with van der Waals surface area (Å²) >= 11 is 0. The van der Waals surface area contributed by atoms with E-state index in [0.717, 1.165) is 58.0 Å². The van der Waals surface area contributed by atoms with Gasteiger partial charge in [0.05, 0.1) is 13.2 Å². The first-order valence-corrected chi connectivity index (χ1v) is 11.2. The van der Waals surface area contributed by atoms with Crippen molar-refractivity contribution in [2.24, 2.45) is 16.8 Å². The van der Waals surface area contributed by atoms with Crippen LogP contribution >= 0.6 is 0 Å². The van der Waals surface area contributed by atoms with Crippen molar-refractivity contribution in [2.75, 3.05) is 50.9 Å². The Labute approximate surface area is 176 Å². The molecule has 6 heteroatoms. The monoisotopic (exact) mass is 404 g/mol. The van der Waals surface area contributed by atoms with Crippen LogP contribution in [0.2, 0.25) is 0 Å². The SMILES string of the molecule is CCNC(=NCc1ccc(N2CCC(CO)CC2)cc1)NCCOCCC(C)C. The van der Waals surface area contributed by atoms with E-state index in [1.165, 1.54) is 11.3 Å². The maximum atomic E-state index is 9.29. The lowest BCUT2D eigenvalue weighted by atomic mass is 9.97. The fourth-order valence-electron chi connectivity index (χ4n) is 3.36. The highest BCUT2D eigenvalue weighted by atomic mass is 16.5. The van der Waals surface area contributed by atoms with Crippen molar-refractivity contribution in [3.05, 3.63) is 29.8 Å². The van der Waals surface area contributed by atoms with Crippen LogP contribution < -0.4 is 15.5 Å². The van der Waals surface area contributed by atoms with Crippen LogP contribution in [0, 0.1) is 11.8 Å². The Bertz CT molecular complexity index is 581. The number of benzene rings is 1. The molecule has 1 heterocycles. The number of hydrogen-bond acceptors (Lipinski definition) is 4. The van der Waals surface area contributed by atoms with Crippen molar-refractivity contribution in [3.63, 3.8) is 0 Å². The van der Waals surface area contributed by atoms with E-state index in [1.54, 1.807) is 0 Å². The highest BCUT2D eigenvalue weighted by molar-refractivity contribution is 5.79. The van der Waals surface area contributed by atoms with E-state index < -0.39 is 0 Å². The molecule has 1 saturated heterocycles. The summed E-state index contributed by atoms with van der Waals surface area (Å²) in [5.41, 5.74) is 2.46. The van der Waals surface area contributed by atoms with Gasteiger partial charge in [-0.3, -0.25) is 0 Å². The molecule has 1 aliphatic rings. The minimum Gasteiger partial charge on any atom is -0.396 e. The van der Waals surface area contributed by atoms with E-state index >= 15 is 0 Å². The summed E-state index contributed by atoms with van der Waals surface area (Å²) in [5, 5.41) is 15.9. The average molecular weight is 405 g/mol. The van der Waals surface area contributed by atoms with Crippen LogP contribution in [0.15, 0.2) is 29.3 Å². The Morgan fingerprint density at radius 1 is 1.17 bits per heavy atom. The van der Waals surface area contributed by atoms with Gasteiger partial charge in [-0.15, -0.1) is 0 Å². The zero-order valence-electron chi connectivity index (χ0n) is 18.5. The van der Waals surface area contributed by atoms with Crippen LogP contribution in [0.4, 0.5) is 5.69 Å². The third-order valence-electron chi connectivity index (χ3n) is 5.32. The van der Waals surface area contributed by atoms with Gasteiger partial charge in [0, 0.05) is 45.1 Å². The van der Waals surface area contributed by atoms with Gasteiger partial charge < -0.3 is 25.4 Å². The number of aliphatic hydroxyl groups excluding tert-OH is 1. The normalized spacial score (nSPS) is 15.8. The molecule has 0 atom stereocenters. The summed E-state index contributed by atoms with van der Waals surface area (Å²) < 4.78 is 5.66. The summed E-state index contributed by atoms with van der Waals surface area (Å²) in [7, 11) is 0. The Hall–Kier alpha value is -1.79. The topological polar surface area (TPSA) is 69.1 Å². The van der Waals surface area contributed by atoms with Crippen LogP contribution in [0.25, 0.3) is 0 Å². The van der Waals surface area contributed by atoms with Crippen molar-refractivity contribution in [3.8, 4) is 0 Å². The summed E-state index contributed by atoms with van der Waals surface area (Å²) in [5.74, 6) is 1.98. The number of anilines is 1. The van der Waals surface area contributed by atoms with Gasteiger partial charge in [-0.05, 0) is 55.7 Å². The first kappa shape index (κ1) is 23.5. The molecule has 1 fully saturated rings. The van der Waals surface area contributed by atoms with E-state index in [4.69, 9.17) is 9.73 Å². The third-order valence-corrected chi connectivity index (χ3v) is 5.32. The predicted molar refractivity (Wildman–Crippen MR) is 122 cm³/mol. The van der Waals surface area contributed by atoms with Gasteiger partial charge in [0.25, 0.3) is 0 Å². The standard InChI is InChI=1S/C23H40N4O2/c1-4-24-23(25-12-16-29-15-11-19(2)3)26-17-20-5-7-22(8-6-20)27-13-9-21(18-28)10-14-27/h5-8,19,21,28H,4,9-18H2,1-3H3,(H2,24,25,26). The van der Waals surface area contributed by atoms with Gasteiger partial charge in [0.1, 0.15) is 0 Å². The second-order valence-corrected chi connectivity index (χ2v) is 8.20. The Morgan fingerprint density at radius 3 is 2.52 bits per heavy atom. The molecule has 0 unspecified atom stereocenters. The number of aliphatic imine (C=N–C) groups is 1. The van der Waals surface area contributed by atoms with E-state index in [2.05, 4.69) is 60.6 Å². The predicted octanol–water partition coefficient (Wildman–Crippen LogP) is 3.01. The van der Waals surface area contributed by atoms with Gasteiger partial charge >= 0.3 is 0 Å². The number of guanidine groups is 1. The lowest BCUT2D eigenvalue weighted by Crippen LogP contribution is -2.39. The molecule has 0 saturated carbocycles. The van der Waals surface area contributed by atoms with Crippen molar-refractivity contribution < 1.29 is 9.84 Å². The third kappa shape index (κ3) is 9.05. The van der Waals surface area contributed by atoms with E-state index in [9.17, 15) is 5.11 Å². The molecule has 0 aliphatic carbocycles. The minimum atomic E-state index is 0.316. The number of piperidine rings is 1. The molecule has 0 radical (unpaired) electrons. The molecule has 1 aliphatic heterocycles. The van der Waals surface area contributed by atoms with Crippen LogP contribution in [0.1, 0.15) is 45.6 Å². The molecular weight excluding hydrogens is 364 g/mol. The number of nitrogens with zero attached hydrogens (tertiary/aromatic N) is 2. The van der Waals surface area contributed by atoms with Crippen LogP contribution in [-0.4, -0.2) is 57.1 Å². The van der Waals surface area contributed by atoms with Crippen molar-refractivity contribution >= 4 is 11.6 Å². The van der Waals surface area contributed by atoms with Gasteiger partial charge in [0.15, 0.2) is 5.96 Å². The number of aliphatic hydroxyl groups is 1. The second kappa shape index (κ2) is 13.4. The molecule has 2 rings (SSSR count). The molecule has 1 aromatic rings. The largest absolute Gasteiger partial charge is 0.396 e. The average Bonchev–Trinajstić information content (AvgIpc) is 2.74. The maximum absolute atomic E-state index is 9.29. The lowest BCUT2D eigenvalue weighted by molar-refractivity contribution is 0.128. The molecule has 0 bridgehead atoms. The van der Waals surface area contributed by atoms with Crippen LogP contribution in [0.5, 0.6) is 0 Å². The lowest BCUT2D eigenvalue weighted by Gasteiger charge is -2.32. The van der Waals surface area contributed by atoms with Crippen molar-refractivity contribution in [2.45, 2.75) is 46.6 Å². The zero-order chi connectivity index (χ0) is 20.9. The molecular formula is C23H40N4O2. The molecule has 1 aromatic carbocycles. The number of hydrogen-bond donors (Lipinski definition) is 3. The van der Waals surface area contributed by atoms with E-state index in [-0.39, 0.29) is 0 Å². The van der Waals surface area contributed by atoms with Crippen LogP contribution in [0.3, 0.4) is 0 Å². The molecule has 164 valence electrons. The quantitative estimate of drug-likeness (QED) is 0.300. The minimum absolute atomic E-state index is 0.316. The Balaban J connectivity index is 1.76. The highest BCUT2D eigenvalue weighted by Crippen LogP contribution is 2.23. The maximum Gasteiger partial charge on any atom is 0.191 e. The molecule has 0 spiro atoms. The molecule has 0 amide bonds. The summed E-state index contributed by atoms with van der Waals surface area (Å²) in [6.07, 6.45) is 3.24. The first-order valence-electron chi connectivity index (χ1n) is 11.2. The van der Waals surface area contributed by atoms with E-state index in [0.29, 0.717) is 31.6 Å². The van der Waals surface area contributed by atoms with Gasteiger partial charge in [-0.1, -0.05) is 26.0 Å². The first-order chi connectivity index (χ1) is 14.1. The second-order valence-electron chi connectivity index (χ2n) is 8.20. The van der Waals surface area contributed by atoms with Crippen LogP contribution in [-0.2, 0) is 11.3 Å². The number of ether oxygens (including phenoxy) is 1. The fourth-order valence-corrected chi connectivity index (χ4v) is 3.36. The molecule has 3 N–H and O–H groups in total.